The molecule has 0 saturated heterocycles. The maximum absolute atomic E-state index is 12.4. The zero-order valence-corrected chi connectivity index (χ0v) is 16.9. The number of ether oxygens (including phenoxy) is 1. The molecule has 0 aromatic heterocycles. The Morgan fingerprint density at radius 3 is 2.26 bits per heavy atom. The van der Waals surface area contributed by atoms with Crippen LogP contribution in [0.2, 0.25) is 0 Å². The standard InChI is InChI=1S/C23H24N2O6/c1-2-3-12-20(22(28)25-31-14-21(26)27)24-23(29)30-13-19-17-10-6-4-8-15(17)16-9-5-7-11-18(16)19/h2,4-11,19-20H,1,3,12-14H2,(H,24,29)(H,25,28)(H,26,27). The summed E-state index contributed by atoms with van der Waals surface area (Å²) in [6.45, 7) is 3.03. The first-order chi connectivity index (χ1) is 15.0. The molecule has 0 saturated carbocycles. The van der Waals surface area contributed by atoms with Crippen LogP contribution >= 0.6 is 0 Å². The highest BCUT2D eigenvalue weighted by molar-refractivity contribution is 5.85. The van der Waals surface area contributed by atoms with Gasteiger partial charge in [0, 0.05) is 5.92 Å². The molecule has 162 valence electrons. The number of allylic oxidation sites excluding steroid dienone is 1. The van der Waals surface area contributed by atoms with Gasteiger partial charge < -0.3 is 15.2 Å². The quantitative estimate of drug-likeness (QED) is 0.399. The van der Waals surface area contributed by atoms with Gasteiger partial charge in [-0.15, -0.1) is 6.58 Å². The minimum Gasteiger partial charge on any atom is -0.479 e. The van der Waals surface area contributed by atoms with Gasteiger partial charge in [-0.1, -0.05) is 54.6 Å². The van der Waals surface area contributed by atoms with Crippen LogP contribution in [0.5, 0.6) is 0 Å². The number of benzene rings is 2. The van der Waals surface area contributed by atoms with Gasteiger partial charge >= 0.3 is 12.1 Å². The summed E-state index contributed by atoms with van der Waals surface area (Å²) in [6.07, 6.45) is 1.58. The highest BCUT2D eigenvalue weighted by Gasteiger charge is 2.29. The molecule has 8 heteroatoms. The van der Waals surface area contributed by atoms with Crippen LogP contribution in [0, 0.1) is 0 Å². The molecule has 1 atom stereocenters. The lowest BCUT2D eigenvalue weighted by Crippen LogP contribution is -2.47. The number of nitrogens with one attached hydrogen (secondary N) is 2. The molecule has 0 fully saturated rings. The SMILES string of the molecule is C=CCCC(NC(=O)OCC1c2ccccc2-c2ccccc21)C(=O)NOCC(=O)O. The van der Waals surface area contributed by atoms with E-state index in [1.807, 2.05) is 54.0 Å². The highest BCUT2D eigenvalue weighted by Crippen LogP contribution is 2.44. The third kappa shape index (κ3) is 5.49. The van der Waals surface area contributed by atoms with Crippen molar-refractivity contribution >= 4 is 18.0 Å². The number of hydrogen-bond acceptors (Lipinski definition) is 5. The van der Waals surface area contributed by atoms with Crippen molar-refractivity contribution < 1.29 is 29.1 Å². The van der Waals surface area contributed by atoms with E-state index in [0.717, 1.165) is 22.3 Å². The number of alkyl carbamates (subject to hydrolysis) is 1. The number of carboxylic acids is 1. The van der Waals surface area contributed by atoms with Crippen LogP contribution in [0.4, 0.5) is 4.79 Å². The van der Waals surface area contributed by atoms with Crippen molar-refractivity contribution in [1.82, 2.24) is 10.8 Å². The summed E-state index contributed by atoms with van der Waals surface area (Å²) in [5.74, 6) is -2.00. The number of rotatable bonds is 10. The first-order valence-corrected chi connectivity index (χ1v) is 9.87. The molecule has 2 aromatic carbocycles. The minimum absolute atomic E-state index is 0.0995. The van der Waals surface area contributed by atoms with Crippen molar-refractivity contribution in [3.8, 4) is 11.1 Å². The average Bonchev–Trinajstić information content (AvgIpc) is 3.08. The number of hydrogen-bond donors (Lipinski definition) is 3. The topological polar surface area (TPSA) is 114 Å². The maximum Gasteiger partial charge on any atom is 0.407 e. The Hall–Kier alpha value is -3.65. The van der Waals surface area contributed by atoms with Gasteiger partial charge in [0.2, 0.25) is 0 Å². The molecule has 3 rings (SSSR count). The van der Waals surface area contributed by atoms with E-state index in [0.29, 0.717) is 6.42 Å². The van der Waals surface area contributed by atoms with Gasteiger partial charge in [-0.25, -0.2) is 15.1 Å². The zero-order chi connectivity index (χ0) is 22.2. The smallest absolute Gasteiger partial charge is 0.407 e. The fourth-order valence-corrected chi connectivity index (χ4v) is 3.58. The Labute approximate surface area is 179 Å². The van der Waals surface area contributed by atoms with E-state index >= 15 is 0 Å². The van der Waals surface area contributed by atoms with Crippen molar-refractivity contribution in [3.05, 3.63) is 72.3 Å². The predicted molar refractivity (Wildman–Crippen MR) is 113 cm³/mol. The molecule has 0 heterocycles. The summed E-state index contributed by atoms with van der Waals surface area (Å²) in [7, 11) is 0. The van der Waals surface area contributed by atoms with Crippen LogP contribution in [-0.4, -0.2) is 42.3 Å². The molecule has 0 bridgehead atoms. The maximum atomic E-state index is 12.4. The Bertz CT molecular complexity index is 929. The lowest BCUT2D eigenvalue weighted by atomic mass is 9.98. The fraction of sp³-hybridized carbons (Fsp3) is 0.261. The largest absolute Gasteiger partial charge is 0.479 e. The van der Waals surface area contributed by atoms with E-state index in [1.54, 1.807) is 6.08 Å². The second-order valence-electron chi connectivity index (χ2n) is 7.04. The number of hydroxylamine groups is 1. The number of carbonyl (C=O) groups is 3. The third-order valence-electron chi connectivity index (χ3n) is 4.98. The summed E-state index contributed by atoms with van der Waals surface area (Å²) in [5.41, 5.74) is 6.43. The zero-order valence-electron chi connectivity index (χ0n) is 16.9. The third-order valence-corrected chi connectivity index (χ3v) is 4.98. The van der Waals surface area contributed by atoms with Crippen molar-refractivity contribution in [2.24, 2.45) is 0 Å². The molecule has 0 spiro atoms. The van der Waals surface area contributed by atoms with E-state index in [-0.39, 0.29) is 18.9 Å². The molecule has 2 amide bonds. The molecular formula is C23H24N2O6. The van der Waals surface area contributed by atoms with Gasteiger partial charge in [0.1, 0.15) is 12.6 Å². The van der Waals surface area contributed by atoms with E-state index in [2.05, 4.69) is 16.7 Å². The normalized spacial score (nSPS) is 12.9. The van der Waals surface area contributed by atoms with Crippen LogP contribution in [0.3, 0.4) is 0 Å². The van der Waals surface area contributed by atoms with Crippen LogP contribution in [0.25, 0.3) is 11.1 Å². The number of amides is 2. The Balaban J connectivity index is 1.62. The summed E-state index contributed by atoms with van der Waals surface area (Å²) >= 11 is 0. The van der Waals surface area contributed by atoms with Crippen LogP contribution in [0.15, 0.2) is 61.2 Å². The summed E-state index contributed by atoms with van der Waals surface area (Å²) in [6, 6.07) is 15.0. The fourth-order valence-electron chi connectivity index (χ4n) is 3.58. The minimum atomic E-state index is -1.23. The number of fused-ring (bicyclic) bond motifs is 3. The number of carboxylic acid groups (broad SMARTS) is 1. The Kier molecular flexibility index (Phi) is 7.40. The molecular weight excluding hydrogens is 400 g/mol. The molecule has 2 aromatic rings. The average molecular weight is 424 g/mol. The molecule has 1 aliphatic carbocycles. The molecule has 0 aliphatic heterocycles. The number of carbonyl (C=O) groups excluding carboxylic acids is 2. The van der Waals surface area contributed by atoms with Crippen molar-refractivity contribution in [3.63, 3.8) is 0 Å². The van der Waals surface area contributed by atoms with Crippen LogP contribution in [-0.2, 0) is 19.2 Å². The van der Waals surface area contributed by atoms with Crippen LogP contribution in [0.1, 0.15) is 29.9 Å². The lowest BCUT2D eigenvalue weighted by Gasteiger charge is -2.19. The van der Waals surface area contributed by atoms with Gasteiger partial charge in [-0.05, 0) is 35.1 Å². The lowest BCUT2D eigenvalue weighted by molar-refractivity contribution is -0.150. The first kappa shape index (κ1) is 22.0. The van der Waals surface area contributed by atoms with Gasteiger partial charge in [-0.3, -0.25) is 9.63 Å². The summed E-state index contributed by atoms with van der Waals surface area (Å²) in [5, 5.41) is 11.1. The highest BCUT2D eigenvalue weighted by atomic mass is 16.7. The first-order valence-electron chi connectivity index (χ1n) is 9.87. The molecule has 0 radical (unpaired) electrons. The molecule has 31 heavy (non-hydrogen) atoms. The van der Waals surface area contributed by atoms with E-state index < -0.39 is 30.6 Å². The van der Waals surface area contributed by atoms with Crippen molar-refractivity contribution in [2.45, 2.75) is 24.8 Å². The Morgan fingerprint density at radius 2 is 1.68 bits per heavy atom. The van der Waals surface area contributed by atoms with Crippen LogP contribution < -0.4 is 10.8 Å². The van der Waals surface area contributed by atoms with Gasteiger partial charge in [0.05, 0.1) is 0 Å². The second kappa shape index (κ2) is 10.4. The van der Waals surface area contributed by atoms with E-state index in [4.69, 9.17) is 9.84 Å². The summed E-state index contributed by atoms with van der Waals surface area (Å²) < 4.78 is 5.45. The van der Waals surface area contributed by atoms with Crippen molar-refractivity contribution in [2.75, 3.05) is 13.2 Å². The molecule has 1 unspecified atom stereocenters. The molecule has 1 aliphatic rings. The van der Waals surface area contributed by atoms with E-state index in [9.17, 15) is 14.4 Å². The molecule has 8 nitrogen and oxygen atoms in total. The van der Waals surface area contributed by atoms with Gasteiger partial charge in [-0.2, -0.15) is 0 Å². The molecule has 3 N–H and O–H groups in total. The monoisotopic (exact) mass is 424 g/mol. The van der Waals surface area contributed by atoms with Gasteiger partial charge in [0.15, 0.2) is 6.61 Å². The second-order valence-corrected chi connectivity index (χ2v) is 7.04. The van der Waals surface area contributed by atoms with Crippen molar-refractivity contribution in [1.29, 1.82) is 0 Å². The predicted octanol–water partition coefficient (Wildman–Crippen LogP) is 2.99. The Morgan fingerprint density at radius 1 is 1.06 bits per heavy atom. The summed E-state index contributed by atoms with van der Waals surface area (Å²) in [4.78, 5) is 39.7. The van der Waals surface area contributed by atoms with E-state index in [1.165, 1.54) is 0 Å². The number of aliphatic carboxylic acids is 1. The van der Waals surface area contributed by atoms with Gasteiger partial charge in [0.25, 0.3) is 5.91 Å².